The Labute approximate surface area is 158 Å². The van der Waals surface area contributed by atoms with E-state index < -0.39 is 0 Å². The summed E-state index contributed by atoms with van der Waals surface area (Å²) < 4.78 is 11.0. The van der Waals surface area contributed by atoms with Crippen molar-refractivity contribution < 1.29 is 14.3 Å². The molecule has 0 spiro atoms. The van der Waals surface area contributed by atoms with Gasteiger partial charge in [-0.3, -0.25) is 4.79 Å². The number of benzene rings is 2. The van der Waals surface area contributed by atoms with Gasteiger partial charge in [0.05, 0.1) is 5.56 Å². The number of ether oxygens (including phenoxy) is 2. The maximum atomic E-state index is 13.6. The second-order valence-electron chi connectivity index (χ2n) is 7.44. The zero-order valence-corrected chi connectivity index (χ0v) is 15.9. The molecule has 2 heterocycles. The van der Waals surface area contributed by atoms with Crippen LogP contribution in [0.3, 0.4) is 0 Å². The molecule has 1 unspecified atom stereocenters. The molecular weight excluding hydrogens is 340 g/mol. The van der Waals surface area contributed by atoms with E-state index in [1.54, 1.807) is 6.07 Å². The average Bonchev–Trinajstić information content (AvgIpc) is 3.29. The lowest BCUT2D eigenvalue weighted by molar-refractivity contribution is 0.0971. The fourth-order valence-electron chi connectivity index (χ4n) is 3.78. The minimum absolute atomic E-state index is 0.0482. The van der Waals surface area contributed by atoms with Crippen LogP contribution >= 0.6 is 0 Å². The van der Waals surface area contributed by atoms with Crippen molar-refractivity contribution in [3.63, 3.8) is 0 Å². The molecule has 3 aromatic rings. The van der Waals surface area contributed by atoms with Gasteiger partial charge >= 0.3 is 0 Å². The number of rotatable bonds is 5. The molecule has 5 nitrogen and oxygen atoms in total. The summed E-state index contributed by atoms with van der Waals surface area (Å²) in [5.41, 5.74) is 2.48. The number of nitrogens with one attached hydrogen (secondary N) is 1. The monoisotopic (exact) mass is 364 g/mol. The summed E-state index contributed by atoms with van der Waals surface area (Å²) in [5, 5.41) is 1.08. The van der Waals surface area contributed by atoms with Gasteiger partial charge in [0.15, 0.2) is 11.5 Å². The fraction of sp³-hybridized carbons (Fsp3) is 0.318. The first-order chi connectivity index (χ1) is 13.0. The predicted molar refractivity (Wildman–Crippen MR) is 107 cm³/mol. The van der Waals surface area contributed by atoms with E-state index in [1.807, 2.05) is 41.4 Å². The lowest BCUT2D eigenvalue weighted by Crippen LogP contribution is -2.39. The molecule has 1 aliphatic heterocycles. The molecule has 1 aromatic heterocycles. The number of H-pyrrole nitrogens is 1. The van der Waals surface area contributed by atoms with Crippen LogP contribution in [0.1, 0.15) is 37.6 Å². The van der Waals surface area contributed by atoms with Gasteiger partial charge in [-0.25, -0.2) is 0 Å². The zero-order valence-electron chi connectivity index (χ0n) is 15.9. The number of aromatic nitrogens is 1. The molecule has 1 amide bonds. The van der Waals surface area contributed by atoms with Crippen LogP contribution in [-0.4, -0.2) is 23.7 Å². The Bertz CT molecular complexity index is 977. The minimum atomic E-state index is -0.0691. The van der Waals surface area contributed by atoms with Crippen LogP contribution in [0.5, 0.6) is 11.5 Å². The maximum Gasteiger partial charge on any atom is 0.262 e. The molecule has 0 bridgehead atoms. The van der Waals surface area contributed by atoms with E-state index in [-0.39, 0.29) is 18.7 Å². The third-order valence-corrected chi connectivity index (χ3v) is 4.91. The Kier molecular flexibility index (Phi) is 4.52. The molecule has 0 aliphatic carbocycles. The first-order valence-corrected chi connectivity index (χ1v) is 9.34. The van der Waals surface area contributed by atoms with Gasteiger partial charge in [0.1, 0.15) is 0 Å². The van der Waals surface area contributed by atoms with Crippen LogP contribution in [-0.2, 0) is 0 Å². The molecule has 0 saturated heterocycles. The largest absolute Gasteiger partial charge is 0.454 e. The third-order valence-electron chi connectivity index (χ3n) is 4.91. The Balaban J connectivity index is 1.78. The summed E-state index contributed by atoms with van der Waals surface area (Å²) in [7, 11) is 0. The van der Waals surface area contributed by atoms with Gasteiger partial charge in [-0.15, -0.1) is 0 Å². The van der Waals surface area contributed by atoms with Gasteiger partial charge in [-0.2, -0.15) is 0 Å². The molecular formula is C22H24N2O3. The number of hydrogen-bond acceptors (Lipinski definition) is 3. The summed E-state index contributed by atoms with van der Waals surface area (Å²) >= 11 is 0. The molecule has 140 valence electrons. The predicted octanol–water partition coefficient (Wildman–Crippen LogP) is 4.98. The number of amides is 1. The minimum Gasteiger partial charge on any atom is -0.454 e. The highest BCUT2D eigenvalue weighted by atomic mass is 16.7. The fourth-order valence-corrected chi connectivity index (χ4v) is 3.78. The van der Waals surface area contributed by atoms with E-state index in [9.17, 15) is 4.79 Å². The molecule has 0 radical (unpaired) electrons. The SMILES string of the molecule is CC(C)CC(C)N(C(=O)c1cccc2c1OCO2)c1ccc2[nH]ccc2c1. The number of carbonyl (C=O) groups is 1. The molecule has 5 heteroatoms. The molecule has 1 aliphatic rings. The normalized spacial score (nSPS) is 13.9. The van der Waals surface area contributed by atoms with E-state index in [1.165, 1.54) is 0 Å². The van der Waals surface area contributed by atoms with Crippen LogP contribution in [0.25, 0.3) is 10.9 Å². The quantitative estimate of drug-likeness (QED) is 0.695. The van der Waals surface area contributed by atoms with Crippen LogP contribution in [0.15, 0.2) is 48.7 Å². The maximum absolute atomic E-state index is 13.6. The van der Waals surface area contributed by atoms with Crippen LogP contribution in [0.4, 0.5) is 5.69 Å². The number of para-hydroxylation sites is 1. The smallest absolute Gasteiger partial charge is 0.262 e. The number of carbonyl (C=O) groups excluding carboxylic acids is 1. The van der Waals surface area contributed by atoms with Gasteiger partial charge in [0.2, 0.25) is 6.79 Å². The first-order valence-electron chi connectivity index (χ1n) is 9.34. The van der Waals surface area contributed by atoms with Crippen LogP contribution < -0.4 is 14.4 Å². The van der Waals surface area contributed by atoms with Crippen molar-refractivity contribution in [2.75, 3.05) is 11.7 Å². The van der Waals surface area contributed by atoms with E-state index in [4.69, 9.17) is 9.47 Å². The highest BCUT2D eigenvalue weighted by Crippen LogP contribution is 2.37. The molecule has 1 atom stereocenters. The lowest BCUT2D eigenvalue weighted by atomic mass is 10.0. The van der Waals surface area contributed by atoms with E-state index >= 15 is 0 Å². The standard InChI is InChI=1S/C22H24N2O3/c1-14(2)11-15(3)24(17-7-8-19-16(12-17)9-10-23-19)22(25)18-5-4-6-20-21(18)27-13-26-20/h4-10,12,14-15,23H,11,13H2,1-3H3. The van der Waals surface area contributed by atoms with Crippen molar-refractivity contribution in [3.8, 4) is 11.5 Å². The second-order valence-corrected chi connectivity index (χ2v) is 7.44. The molecule has 2 aromatic carbocycles. The van der Waals surface area contributed by atoms with Gasteiger partial charge in [-0.1, -0.05) is 19.9 Å². The van der Waals surface area contributed by atoms with Crippen molar-refractivity contribution in [2.24, 2.45) is 5.92 Å². The van der Waals surface area contributed by atoms with Crippen LogP contribution in [0.2, 0.25) is 0 Å². The Morgan fingerprint density at radius 3 is 2.81 bits per heavy atom. The topological polar surface area (TPSA) is 54.6 Å². The van der Waals surface area contributed by atoms with Crippen molar-refractivity contribution >= 4 is 22.5 Å². The van der Waals surface area contributed by atoms with E-state index in [0.29, 0.717) is 23.0 Å². The van der Waals surface area contributed by atoms with Gasteiger partial charge in [0.25, 0.3) is 5.91 Å². The van der Waals surface area contributed by atoms with Crippen molar-refractivity contribution in [1.82, 2.24) is 4.98 Å². The summed E-state index contributed by atoms with van der Waals surface area (Å²) in [6.45, 7) is 6.59. The first kappa shape index (κ1) is 17.5. The molecule has 27 heavy (non-hydrogen) atoms. The highest BCUT2D eigenvalue weighted by Gasteiger charge is 2.29. The number of nitrogens with zero attached hydrogens (tertiary/aromatic N) is 1. The van der Waals surface area contributed by atoms with Crippen molar-refractivity contribution in [3.05, 3.63) is 54.2 Å². The van der Waals surface area contributed by atoms with Crippen molar-refractivity contribution in [1.29, 1.82) is 0 Å². The Morgan fingerprint density at radius 2 is 2.00 bits per heavy atom. The molecule has 1 N–H and O–H groups in total. The number of aromatic amines is 1. The summed E-state index contributed by atoms with van der Waals surface area (Å²) in [4.78, 5) is 18.7. The van der Waals surface area contributed by atoms with E-state index in [0.717, 1.165) is 23.0 Å². The Morgan fingerprint density at radius 1 is 1.15 bits per heavy atom. The molecule has 0 fully saturated rings. The number of fused-ring (bicyclic) bond motifs is 2. The third kappa shape index (κ3) is 3.25. The van der Waals surface area contributed by atoms with Gasteiger partial charge < -0.3 is 19.4 Å². The highest BCUT2D eigenvalue weighted by molar-refractivity contribution is 6.09. The van der Waals surface area contributed by atoms with Crippen LogP contribution in [0, 0.1) is 5.92 Å². The summed E-state index contributed by atoms with van der Waals surface area (Å²) in [6.07, 6.45) is 2.82. The summed E-state index contributed by atoms with van der Waals surface area (Å²) in [5.74, 6) is 1.57. The van der Waals surface area contributed by atoms with Gasteiger partial charge in [0, 0.05) is 28.8 Å². The molecule has 4 rings (SSSR count). The Hall–Kier alpha value is -2.95. The van der Waals surface area contributed by atoms with Gasteiger partial charge in [-0.05, 0) is 55.7 Å². The summed E-state index contributed by atoms with van der Waals surface area (Å²) in [6, 6.07) is 13.6. The molecule has 0 saturated carbocycles. The lowest BCUT2D eigenvalue weighted by Gasteiger charge is -2.31. The van der Waals surface area contributed by atoms with Crippen molar-refractivity contribution in [2.45, 2.75) is 33.2 Å². The number of hydrogen-bond donors (Lipinski definition) is 1. The average molecular weight is 364 g/mol. The zero-order chi connectivity index (χ0) is 19.0. The number of anilines is 1. The second kappa shape index (κ2) is 6.99. The van der Waals surface area contributed by atoms with E-state index in [2.05, 4.69) is 31.8 Å².